The Morgan fingerprint density at radius 3 is 2.50 bits per heavy atom. The number of hydrogen-bond acceptors (Lipinski definition) is 1. The second-order valence-corrected chi connectivity index (χ2v) is 4.92. The van der Waals surface area contributed by atoms with Crippen LogP contribution in [0.15, 0.2) is 48.5 Å². The van der Waals surface area contributed by atoms with Crippen molar-refractivity contribution in [2.24, 2.45) is 0 Å². The van der Waals surface area contributed by atoms with Gasteiger partial charge in [0.1, 0.15) is 11.6 Å². The zero-order chi connectivity index (χ0) is 14.1. The SMILES string of the molecule is COc1ccc(Cn2c(C)cc3cc(F)ccc32)cc1. The molecule has 0 aliphatic rings. The lowest BCUT2D eigenvalue weighted by molar-refractivity contribution is 0.414. The summed E-state index contributed by atoms with van der Waals surface area (Å²) in [5.41, 5.74) is 3.37. The highest BCUT2D eigenvalue weighted by molar-refractivity contribution is 5.81. The first-order valence-corrected chi connectivity index (χ1v) is 6.56. The molecular formula is C17H16FNO. The van der Waals surface area contributed by atoms with Gasteiger partial charge in [-0.3, -0.25) is 0 Å². The number of fused-ring (bicyclic) bond motifs is 1. The predicted molar refractivity (Wildman–Crippen MR) is 78.7 cm³/mol. The van der Waals surface area contributed by atoms with E-state index in [2.05, 4.69) is 4.57 Å². The lowest BCUT2D eigenvalue weighted by Crippen LogP contribution is -2.01. The Balaban J connectivity index is 1.99. The van der Waals surface area contributed by atoms with Gasteiger partial charge in [-0.1, -0.05) is 12.1 Å². The second-order valence-electron chi connectivity index (χ2n) is 4.92. The van der Waals surface area contributed by atoms with Crippen LogP contribution in [0.4, 0.5) is 4.39 Å². The van der Waals surface area contributed by atoms with Crippen LogP contribution >= 0.6 is 0 Å². The fraction of sp³-hybridized carbons (Fsp3) is 0.176. The second kappa shape index (κ2) is 5.00. The maximum atomic E-state index is 13.3. The largest absolute Gasteiger partial charge is 0.497 e. The Hall–Kier alpha value is -2.29. The third-order valence-electron chi connectivity index (χ3n) is 3.57. The minimum atomic E-state index is -0.195. The van der Waals surface area contributed by atoms with Crippen molar-refractivity contribution in [3.63, 3.8) is 0 Å². The minimum Gasteiger partial charge on any atom is -0.497 e. The molecule has 1 aromatic heterocycles. The first-order valence-electron chi connectivity index (χ1n) is 6.56. The van der Waals surface area contributed by atoms with Gasteiger partial charge in [0.25, 0.3) is 0 Å². The van der Waals surface area contributed by atoms with Crippen molar-refractivity contribution in [3.05, 3.63) is 65.6 Å². The van der Waals surface area contributed by atoms with E-state index in [0.717, 1.165) is 28.9 Å². The summed E-state index contributed by atoms with van der Waals surface area (Å²) >= 11 is 0. The van der Waals surface area contributed by atoms with Crippen molar-refractivity contribution in [2.75, 3.05) is 7.11 Å². The van der Waals surface area contributed by atoms with Crippen LogP contribution in [0.3, 0.4) is 0 Å². The van der Waals surface area contributed by atoms with E-state index in [1.807, 2.05) is 43.3 Å². The number of aromatic nitrogens is 1. The molecule has 3 aromatic rings. The van der Waals surface area contributed by atoms with E-state index in [9.17, 15) is 4.39 Å². The summed E-state index contributed by atoms with van der Waals surface area (Å²) in [6.45, 7) is 2.81. The van der Waals surface area contributed by atoms with Crippen molar-refractivity contribution in [1.29, 1.82) is 0 Å². The highest BCUT2D eigenvalue weighted by Gasteiger charge is 2.07. The molecular weight excluding hydrogens is 253 g/mol. The first-order chi connectivity index (χ1) is 9.67. The number of hydrogen-bond donors (Lipinski definition) is 0. The average molecular weight is 269 g/mol. The zero-order valence-corrected chi connectivity index (χ0v) is 11.6. The molecule has 0 saturated carbocycles. The summed E-state index contributed by atoms with van der Waals surface area (Å²) in [6, 6.07) is 14.9. The van der Waals surface area contributed by atoms with Crippen molar-refractivity contribution in [2.45, 2.75) is 13.5 Å². The predicted octanol–water partition coefficient (Wildman–Crippen LogP) is 4.15. The molecule has 0 radical (unpaired) electrons. The average Bonchev–Trinajstić information content (AvgIpc) is 2.75. The molecule has 102 valence electrons. The van der Waals surface area contributed by atoms with Crippen LogP contribution in [-0.4, -0.2) is 11.7 Å². The fourth-order valence-corrected chi connectivity index (χ4v) is 2.50. The van der Waals surface area contributed by atoms with Crippen molar-refractivity contribution < 1.29 is 9.13 Å². The smallest absolute Gasteiger partial charge is 0.123 e. The van der Waals surface area contributed by atoms with E-state index in [1.54, 1.807) is 13.2 Å². The Kier molecular flexibility index (Phi) is 3.18. The Bertz CT molecular complexity index is 744. The van der Waals surface area contributed by atoms with Crippen LogP contribution in [0, 0.1) is 12.7 Å². The summed E-state index contributed by atoms with van der Waals surface area (Å²) in [5, 5.41) is 0.941. The molecule has 0 fully saturated rings. The summed E-state index contributed by atoms with van der Waals surface area (Å²) in [5.74, 6) is 0.656. The van der Waals surface area contributed by atoms with E-state index in [4.69, 9.17) is 4.74 Å². The zero-order valence-electron chi connectivity index (χ0n) is 11.6. The van der Waals surface area contributed by atoms with Crippen molar-refractivity contribution in [3.8, 4) is 5.75 Å². The van der Waals surface area contributed by atoms with Gasteiger partial charge in [0.2, 0.25) is 0 Å². The number of methoxy groups -OCH3 is 1. The molecule has 0 aliphatic carbocycles. The maximum absolute atomic E-state index is 13.3. The van der Waals surface area contributed by atoms with Gasteiger partial charge in [0.05, 0.1) is 7.11 Å². The topological polar surface area (TPSA) is 14.2 Å². The summed E-state index contributed by atoms with van der Waals surface area (Å²) < 4.78 is 20.6. The third kappa shape index (κ3) is 2.27. The molecule has 3 heteroatoms. The molecule has 0 unspecified atom stereocenters. The van der Waals surface area contributed by atoms with Crippen LogP contribution < -0.4 is 4.74 Å². The van der Waals surface area contributed by atoms with Crippen molar-refractivity contribution in [1.82, 2.24) is 4.57 Å². The molecule has 0 atom stereocenters. The van der Waals surface area contributed by atoms with Gasteiger partial charge in [-0.2, -0.15) is 0 Å². The molecule has 0 bridgehead atoms. The summed E-state index contributed by atoms with van der Waals surface area (Å²) in [7, 11) is 1.66. The van der Waals surface area contributed by atoms with E-state index >= 15 is 0 Å². The number of aryl methyl sites for hydroxylation is 1. The van der Waals surface area contributed by atoms with Gasteiger partial charge in [-0.25, -0.2) is 4.39 Å². The standard InChI is InChI=1S/C17H16FNO/c1-12-9-14-10-15(18)5-8-17(14)19(12)11-13-3-6-16(20-2)7-4-13/h3-10H,11H2,1-2H3. The summed E-state index contributed by atoms with van der Waals surface area (Å²) in [4.78, 5) is 0. The van der Waals surface area contributed by atoms with Gasteiger partial charge in [-0.15, -0.1) is 0 Å². The molecule has 0 spiro atoms. The highest BCUT2D eigenvalue weighted by atomic mass is 19.1. The van der Waals surface area contributed by atoms with Crippen LogP contribution in [0.1, 0.15) is 11.3 Å². The van der Waals surface area contributed by atoms with Gasteiger partial charge in [0.15, 0.2) is 0 Å². The van der Waals surface area contributed by atoms with Crippen LogP contribution in [0.5, 0.6) is 5.75 Å². The molecule has 1 heterocycles. The molecule has 3 rings (SSSR count). The summed E-state index contributed by atoms with van der Waals surface area (Å²) in [6.07, 6.45) is 0. The molecule has 2 aromatic carbocycles. The fourth-order valence-electron chi connectivity index (χ4n) is 2.50. The molecule has 0 aliphatic heterocycles. The molecule has 20 heavy (non-hydrogen) atoms. The number of benzene rings is 2. The van der Waals surface area contributed by atoms with E-state index in [0.29, 0.717) is 0 Å². The molecule has 2 nitrogen and oxygen atoms in total. The monoisotopic (exact) mass is 269 g/mol. The maximum Gasteiger partial charge on any atom is 0.123 e. The number of ether oxygens (including phenoxy) is 1. The van der Waals surface area contributed by atoms with E-state index in [-0.39, 0.29) is 5.82 Å². The lowest BCUT2D eigenvalue weighted by atomic mass is 10.2. The van der Waals surface area contributed by atoms with Gasteiger partial charge in [0, 0.05) is 23.1 Å². The van der Waals surface area contributed by atoms with Crippen LogP contribution in [0.2, 0.25) is 0 Å². The molecule has 0 saturated heterocycles. The van der Waals surface area contributed by atoms with Crippen LogP contribution in [-0.2, 0) is 6.54 Å². The van der Waals surface area contributed by atoms with Gasteiger partial charge >= 0.3 is 0 Å². The lowest BCUT2D eigenvalue weighted by Gasteiger charge is -2.09. The van der Waals surface area contributed by atoms with Gasteiger partial charge in [-0.05, 0) is 48.9 Å². The Morgan fingerprint density at radius 1 is 1.05 bits per heavy atom. The van der Waals surface area contributed by atoms with E-state index < -0.39 is 0 Å². The third-order valence-corrected chi connectivity index (χ3v) is 3.57. The number of rotatable bonds is 3. The van der Waals surface area contributed by atoms with Crippen LogP contribution in [0.25, 0.3) is 10.9 Å². The normalized spacial score (nSPS) is 10.9. The minimum absolute atomic E-state index is 0.195. The van der Waals surface area contributed by atoms with Crippen molar-refractivity contribution >= 4 is 10.9 Å². The quantitative estimate of drug-likeness (QED) is 0.697. The Labute approximate surface area is 117 Å². The van der Waals surface area contributed by atoms with E-state index in [1.165, 1.54) is 11.6 Å². The van der Waals surface area contributed by atoms with Gasteiger partial charge < -0.3 is 9.30 Å². The molecule has 0 amide bonds. The first kappa shape index (κ1) is 12.7. The molecule has 0 N–H and O–H groups in total. The Morgan fingerprint density at radius 2 is 1.80 bits per heavy atom. The highest BCUT2D eigenvalue weighted by Crippen LogP contribution is 2.22. The number of halogens is 1. The number of nitrogens with zero attached hydrogens (tertiary/aromatic N) is 1.